The topological polar surface area (TPSA) is 71.1 Å². The standard InChI is InChI=1S/C16H13N3O2S/c1-10-6-7-13(22-10)15(20)18-19-16(21)14-12-5-3-2-4-11(12)8-9-17-14/h2-9H,1H3,(H,18,20)(H,19,21). The Morgan fingerprint density at radius 1 is 1.00 bits per heavy atom. The summed E-state index contributed by atoms with van der Waals surface area (Å²) in [6, 6.07) is 12.9. The van der Waals surface area contributed by atoms with Crippen LogP contribution in [0.15, 0.2) is 48.7 Å². The van der Waals surface area contributed by atoms with Crippen LogP contribution in [-0.4, -0.2) is 16.8 Å². The summed E-state index contributed by atoms with van der Waals surface area (Å²) in [5.74, 6) is -0.787. The molecule has 2 heterocycles. The fourth-order valence-corrected chi connectivity index (χ4v) is 2.85. The summed E-state index contributed by atoms with van der Waals surface area (Å²) < 4.78 is 0. The molecule has 0 unspecified atom stereocenters. The zero-order valence-corrected chi connectivity index (χ0v) is 12.6. The second kappa shape index (κ2) is 5.95. The average molecular weight is 311 g/mol. The highest BCUT2D eigenvalue weighted by atomic mass is 32.1. The summed E-state index contributed by atoms with van der Waals surface area (Å²) in [5.41, 5.74) is 5.09. The quantitative estimate of drug-likeness (QED) is 0.715. The first-order valence-electron chi connectivity index (χ1n) is 6.66. The van der Waals surface area contributed by atoms with Crippen LogP contribution in [0.4, 0.5) is 0 Å². The van der Waals surface area contributed by atoms with Gasteiger partial charge in [0.2, 0.25) is 0 Å². The summed E-state index contributed by atoms with van der Waals surface area (Å²) in [6.45, 7) is 1.92. The molecule has 6 heteroatoms. The van der Waals surface area contributed by atoms with E-state index in [1.165, 1.54) is 11.3 Å². The molecular weight excluding hydrogens is 298 g/mol. The molecule has 0 saturated carbocycles. The van der Waals surface area contributed by atoms with E-state index in [9.17, 15) is 9.59 Å². The van der Waals surface area contributed by atoms with Gasteiger partial charge in [0.15, 0.2) is 0 Å². The number of pyridine rings is 1. The molecule has 0 radical (unpaired) electrons. The van der Waals surface area contributed by atoms with Crippen LogP contribution in [0.25, 0.3) is 10.8 Å². The van der Waals surface area contributed by atoms with Crippen LogP contribution in [0.5, 0.6) is 0 Å². The third kappa shape index (κ3) is 2.82. The molecule has 3 aromatic rings. The van der Waals surface area contributed by atoms with Crippen LogP contribution in [0.1, 0.15) is 25.0 Å². The Morgan fingerprint density at radius 3 is 2.55 bits per heavy atom. The second-order valence-corrected chi connectivity index (χ2v) is 5.99. The molecule has 0 aliphatic rings. The van der Waals surface area contributed by atoms with Crippen molar-refractivity contribution in [2.24, 2.45) is 0 Å². The van der Waals surface area contributed by atoms with E-state index in [4.69, 9.17) is 0 Å². The first kappa shape index (κ1) is 14.2. The van der Waals surface area contributed by atoms with Gasteiger partial charge in [0.1, 0.15) is 5.69 Å². The molecular formula is C16H13N3O2S. The largest absolute Gasteiger partial charge is 0.288 e. The van der Waals surface area contributed by atoms with Crippen molar-refractivity contribution in [1.29, 1.82) is 0 Å². The fraction of sp³-hybridized carbons (Fsp3) is 0.0625. The summed E-state index contributed by atoms with van der Waals surface area (Å²) in [6.07, 6.45) is 1.57. The lowest BCUT2D eigenvalue weighted by atomic mass is 10.1. The molecule has 0 spiro atoms. The van der Waals surface area contributed by atoms with E-state index in [0.717, 1.165) is 15.6 Å². The first-order valence-corrected chi connectivity index (χ1v) is 7.47. The van der Waals surface area contributed by atoms with Gasteiger partial charge in [-0.1, -0.05) is 24.3 Å². The van der Waals surface area contributed by atoms with Crippen LogP contribution in [-0.2, 0) is 0 Å². The number of carbonyl (C=O) groups is 2. The Kier molecular flexibility index (Phi) is 3.84. The number of benzene rings is 1. The monoisotopic (exact) mass is 311 g/mol. The van der Waals surface area contributed by atoms with E-state index >= 15 is 0 Å². The van der Waals surface area contributed by atoms with Gasteiger partial charge >= 0.3 is 0 Å². The number of aromatic nitrogens is 1. The van der Waals surface area contributed by atoms with Crippen molar-refractivity contribution >= 4 is 33.9 Å². The Bertz CT molecular complexity index is 852. The van der Waals surface area contributed by atoms with Gasteiger partial charge in [0, 0.05) is 16.5 Å². The van der Waals surface area contributed by atoms with Crippen molar-refractivity contribution in [2.45, 2.75) is 6.92 Å². The van der Waals surface area contributed by atoms with Crippen molar-refractivity contribution in [3.63, 3.8) is 0 Å². The minimum Gasteiger partial charge on any atom is -0.266 e. The number of fused-ring (bicyclic) bond motifs is 1. The zero-order chi connectivity index (χ0) is 15.5. The van der Waals surface area contributed by atoms with Crippen LogP contribution >= 0.6 is 11.3 Å². The van der Waals surface area contributed by atoms with E-state index in [0.29, 0.717) is 4.88 Å². The van der Waals surface area contributed by atoms with Gasteiger partial charge in [-0.15, -0.1) is 11.3 Å². The van der Waals surface area contributed by atoms with Crippen molar-refractivity contribution in [3.05, 3.63) is 64.1 Å². The molecule has 2 amide bonds. The molecule has 0 atom stereocenters. The van der Waals surface area contributed by atoms with E-state index in [1.807, 2.05) is 43.3 Å². The van der Waals surface area contributed by atoms with Gasteiger partial charge in [0.05, 0.1) is 4.88 Å². The van der Waals surface area contributed by atoms with E-state index in [-0.39, 0.29) is 11.6 Å². The van der Waals surface area contributed by atoms with E-state index in [2.05, 4.69) is 15.8 Å². The third-order valence-electron chi connectivity index (χ3n) is 3.14. The molecule has 0 aliphatic carbocycles. The molecule has 0 aliphatic heterocycles. The predicted octanol–water partition coefficient (Wildman–Crippen LogP) is 2.68. The van der Waals surface area contributed by atoms with E-state index < -0.39 is 5.91 Å². The molecule has 5 nitrogen and oxygen atoms in total. The zero-order valence-electron chi connectivity index (χ0n) is 11.8. The highest BCUT2D eigenvalue weighted by molar-refractivity contribution is 7.13. The predicted molar refractivity (Wildman–Crippen MR) is 85.7 cm³/mol. The number of rotatable bonds is 2. The van der Waals surface area contributed by atoms with Crippen LogP contribution < -0.4 is 10.9 Å². The number of aryl methyl sites for hydroxylation is 1. The molecule has 0 bridgehead atoms. The molecule has 1 aromatic carbocycles. The number of nitrogens with one attached hydrogen (secondary N) is 2. The van der Waals surface area contributed by atoms with Crippen LogP contribution in [0, 0.1) is 6.92 Å². The van der Waals surface area contributed by atoms with Crippen LogP contribution in [0.3, 0.4) is 0 Å². The van der Waals surface area contributed by atoms with Crippen molar-refractivity contribution < 1.29 is 9.59 Å². The summed E-state index contributed by atoms with van der Waals surface area (Å²) in [4.78, 5) is 29.8. The maximum Gasteiger partial charge on any atom is 0.288 e. The van der Waals surface area contributed by atoms with Gasteiger partial charge < -0.3 is 0 Å². The summed E-state index contributed by atoms with van der Waals surface area (Å²) in [5, 5.41) is 1.66. The Hall–Kier alpha value is -2.73. The number of nitrogens with zero attached hydrogens (tertiary/aromatic N) is 1. The molecule has 0 fully saturated rings. The lowest BCUT2D eigenvalue weighted by Gasteiger charge is -2.07. The number of hydrazine groups is 1. The number of amides is 2. The number of hydrogen-bond acceptors (Lipinski definition) is 4. The minimum atomic E-state index is -0.446. The Labute approximate surface area is 131 Å². The first-order chi connectivity index (χ1) is 10.6. The maximum atomic E-state index is 12.2. The minimum absolute atomic E-state index is 0.278. The average Bonchev–Trinajstić information content (AvgIpc) is 2.98. The lowest BCUT2D eigenvalue weighted by molar-refractivity contribution is 0.0847. The van der Waals surface area contributed by atoms with Gasteiger partial charge in [-0.05, 0) is 30.5 Å². The highest BCUT2D eigenvalue weighted by Gasteiger charge is 2.13. The number of hydrogen-bond donors (Lipinski definition) is 2. The normalized spacial score (nSPS) is 10.4. The Balaban J connectivity index is 1.75. The second-order valence-electron chi connectivity index (χ2n) is 4.70. The van der Waals surface area contributed by atoms with Crippen molar-refractivity contribution in [1.82, 2.24) is 15.8 Å². The maximum absolute atomic E-state index is 12.2. The molecule has 110 valence electrons. The molecule has 22 heavy (non-hydrogen) atoms. The molecule has 2 N–H and O–H groups in total. The van der Waals surface area contributed by atoms with Crippen LogP contribution in [0.2, 0.25) is 0 Å². The molecule has 3 rings (SSSR count). The number of carbonyl (C=O) groups excluding carboxylic acids is 2. The van der Waals surface area contributed by atoms with E-state index in [1.54, 1.807) is 12.3 Å². The summed E-state index contributed by atoms with van der Waals surface area (Å²) >= 11 is 1.37. The summed E-state index contributed by atoms with van der Waals surface area (Å²) in [7, 11) is 0. The smallest absolute Gasteiger partial charge is 0.266 e. The number of thiophene rings is 1. The molecule has 0 saturated heterocycles. The highest BCUT2D eigenvalue weighted by Crippen LogP contribution is 2.16. The van der Waals surface area contributed by atoms with Gasteiger partial charge in [-0.2, -0.15) is 0 Å². The lowest BCUT2D eigenvalue weighted by Crippen LogP contribution is -2.41. The fourth-order valence-electron chi connectivity index (χ4n) is 2.09. The third-order valence-corrected chi connectivity index (χ3v) is 4.14. The van der Waals surface area contributed by atoms with Crippen molar-refractivity contribution in [2.75, 3.05) is 0 Å². The van der Waals surface area contributed by atoms with Crippen molar-refractivity contribution in [3.8, 4) is 0 Å². The molecule has 2 aromatic heterocycles. The SMILES string of the molecule is Cc1ccc(C(=O)NNC(=O)c2nccc3ccccc23)s1. The Morgan fingerprint density at radius 2 is 1.77 bits per heavy atom. The van der Waals surface area contributed by atoms with Gasteiger partial charge in [-0.3, -0.25) is 25.4 Å². The van der Waals surface area contributed by atoms with Gasteiger partial charge in [0.25, 0.3) is 11.8 Å². The van der Waals surface area contributed by atoms with Gasteiger partial charge in [-0.25, -0.2) is 0 Å².